The highest BCUT2D eigenvalue weighted by atomic mass is 16.5. The van der Waals surface area contributed by atoms with Crippen molar-refractivity contribution in [2.45, 2.75) is 33.9 Å². The normalized spacial score (nSPS) is 14.7. The highest BCUT2D eigenvalue weighted by Gasteiger charge is 2.11. The minimum absolute atomic E-state index is 0.0250. The first kappa shape index (κ1) is 20.4. The maximum Gasteiger partial charge on any atom is 0.258 e. The number of carbonyl (C=O) groups is 1. The van der Waals surface area contributed by atoms with Crippen LogP contribution in [0.15, 0.2) is 36.4 Å². The quantitative estimate of drug-likeness (QED) is 0.799. The van der Waals surface area contributed by atoms with Crippen LogP contribution in [-0.2, 0) is 22.6 Å². The molecular formula is C23H30N2O3. The number of amides is 1. The van der Waals surface area contributed by atoms with Crippen molar-refractivity contribution in [2.75, 3.05) is 32.9 Å². The molecule has 1 N–H and O–H groups in total. The lowest BCUT2D eigenvalue weighted by atomic mass is 10.1. The van der Waals surface area contributed by atoms with Gasteiger partial charge in [-0.25, -0.2) is 0 Å². The highest BCUT2D eigenvalue weighted by molar-refractivity contribution is 5.77. The van der Waals surface area contributed by atoms with Crippen molar-refractivity contribution in [2.24, 2.45) is 0 Å². The lowest BCUT2D eigenvalue weighted by molar-refractivity contribution is -0.123. The van der Waals surface area contributed by atoms with Gasteiger partial charge < -0.3 is 14.8 Å². The Balaban J connectivity index is 1.48. The van der Waals surface area contributed by atoms with E-state index in [4.69, 9.17) is 9.47 Å². The number of hydrogen-bond acceptors (Lipinski definition) is 4. The van der Waals surface area contributed by atoms with Gasteiger partial charge >= 0.3 is 0 Å². The molecule has 0 aliphatic carbocycles. The molecule has 0 saturated carbocycles. The molecule has 3 rings (SSSR count). The van der Waals surface area contributed by atoms with Crippen molar-refractivity contribution >= 4 is 5.91 Å². The van der Waals surface area contributed by atoms with E-state index in [2.05, 4.69) is 35.3 Å². The van der Waals surface area contributed by atoms with E-state index in [0.29, 0.717) is 6.54 Å². The SMILES string of the molecule is Cc1cc(C)c(C)c(OCC(=O)NCc2cccc(CN3CCOCC3)c2)c1. The van der Waals surface area contributed by atoms with Crippen LogP contribution in [0.3, 0.4) is 0 Å². The van der Waals surface area contributed by atoms with Gasteiger partial charge in [0.05, 0.1) is 13.2 Å². The number of nitrogens with zero attached hydrogens (tertiary/aromatic N) is 1. The highest BCUT2D eigenvalue weighted by Crippen LogP contribution is 2.23. The van der Waals surface area contributed by atoms with Crippen LogP contribution in [0.25, 0.3) is 0 Å². The molecule has 150 valence electrons. The number of benzene rings is 2. The molecule has 2 aromatic carbocycles. The zero-order chi connectivity index (χ0) is 19.9. The molecule has 0 bridgehead atoms. The minimum atomic E-state index is -0.114. The predicted octanol–water partition coefficient (Wildman–Crippen LogP) is 3.14. The molecule has 1 amide bonds. The Labute approximate surface area is 167 Å². The molecule has 2 aromatic rings. The third kappa shape index (κ3) is 5.81. The molecule has 0 aromatic heterocycles. The van der Waals surface area contributed by atoms with Crippen molar-refractivity contribution in [3.63, 3.8) is 0 Å². The van der Waals surface area contributed by atoms with Crippen molar-refractivity contribution in [1.29, 1.82) is 0 Å². The number of aryl methyl sites for hydroxylation is 2. The van der Waals surface area contributed by atoms with Gasteiger partial charge in [-0.3, -0.25) is 9.69 Å². The van der Waals surface area contributed by atoms with Crippen LogP contribution in [0.1, 0.15) is 27.8 Å². The number of hydrogen-bond donors (Lipinski definition) is 1. The zero-order valence-corrected chi connectivity index (χ0v) is 17.1. The minimum Gasteiger partial charge on any atom is -0.483 e. The van der Waals surface area contributed by atoms with Crippen LogP contribution in [0, 0.1) is 20.8 Å². The van der Waals surface area contributed by atoms with E-state index < -0.39 is 0 Å². The van der Waals surface area contributed by atoms with Crippen LogP contribution < -0.4 is 10.1 Å². The molecule has 1 fully saturated rings. The molecule has 5 heteroatoms. The van der Waals surface area contributed by atoms with E-state index >= 15 is 0 Å². The first-order valence-electron chi connectivity index (χ1n) is 9.86. The summed E-state index contributed by atoms with van der Waals surface area (Å²) in [6.07, 6.45) is 0. The summed E-state index contributed by atoms with van der Waals surface area (Å²) in [4.78, 5) is 14.6. The van der Waals surface area contributed by atoms with Gasteiger partial charge in [-0.2, -0.15) is 0 Å². The lowest BCUT2D eigenvalue weighted by Gasteiger charge is -2.26. The van der Waals surface area contributed by atoms with Gasteiger partial charge in [0.1, 0.15) is 5.75 Å². The summed E-state index contributed by atoms with van der Waals surface area (Å²) < 4.78 is 11.1. The number of nitrogens with one attached hydrogen (secondary N) is 1. The Kier molecular flexibility index (Phi) is 7.06. The number of carbonyl (C=O) groups excluding carboxylic acids is 1. The summed E-state index contributed by atoms with van der Waals surface area (Å²) >= 11 is 0. The standard InChI is InChI=1S/C23H30N2O3/c1-17-11-18(2)19(3)22(12-17)28-16-23(26)24-14-20-5-4-6-21(13-20)15-25-7-9-27-10-8-25/h4-6,11-13H,7-10,14-16H2,1-3H3,(H,24,26). The van der Waals surface area contributed by atoms with E-state index in [1.807, 2.05) is 32.0 Å². The third-order valence-corrected chi connectivity index (χ3v) is 5.11. The number of ether oxygens (including phenoxy) is 2. The lowest BCUT2D eigenvalue weighted by Crippen LogP contribution is -2.35. The van der Waals surface area contributed by atoms with Gasteiger partial charge in [0.15, 0.2) is 6.61 Å². The maximum absolute atomic E-state index is 12.2. The molecule has 28 heavy (non-hydrogen) atoms. The summed E-state index contributed by atoms with van der Waals surface area (Å²) in [5.74, 6) is 0.664. The van der Waals surface area contributed by atoms with Crippen LogP contribution in [0.2, 0.25) is 0 Å². The molecule has 0 atom stereocenters. The van der Waals surface area contributed by atoms with Gasteiger partial charge in [0.2, 0.25) is 0 Å². The molecule has 1 aliphatic heterocycles. The monoisotopic (exact) mass is 382 g/mol. The van der Waals surface area contributed by atoms with E-state index in [0.717, 1.165) is 55.3 Å². The predicted molar refractivity (Wildman–Crippen MR) is 111 cm³/mol. The van der Waals surface area contributed by atoms with Gasteiger partial charge in [-0.05, 0) is 54.7 Å². The molecule has 1 heterocycles. The van der Waals surface area contributed by atoms with Gasteiger partial charge in [-0.1, -0.05) is 30.3 Å². The second-order valence-corrected chi connectivity index (χ2v) is 7.48. The summed E-state index contributed by atoms with van der Waals surface area (Å²) in [6.45, 7) is 11.1. The summed E-state index contributed by atoms with van der Waals surface area (Å²) in [7, 11) is 0. The smallest absolute Gasteiger partial charge is 0.258 e. The van der Waals surface area contributed by atoms with Crippen LogP contribution in [0.4, 0.5) is 0 Å². The number of morpholine rings is 1. The molecule has 0 radical (unpaired) electrons. The molecule has 5 nitrogen and oxygen atoms in total. The average molecular weight is 383 g/mol. The zero-order valence-electron chi connectivity index (χ0n) is 17.1. The Morgan fingerprint density at radius 1 is 1.11 bits per heavy atom. The van der Waals surface area contributed by atoms with E-state index in [-0.39, 0.29) is 12.5 Å². The average Bonchev–Trinajstić information content (AvgIpc) is 2.69. The van der Waals surface area contributed by atoms with Gasteiger partial charge in [0, 0.05) is 26.2 Å². The van der Waals surface area contributed by atoms with Crippen molar-refractivity contribution < 1.29 is 14.3 Å². The fourth-order valence-electron chi connectivity index (χ4n) is 3.40. The molecule has 1 saturated heterocycles. The second kappa shape index (κ2) is 9.71. The van der Waals surface area contributed by atoms with E-state index in [1.54, 1.807) is 0 Å². The molecule has 1 aliphatic rings. The first-order chi connectivity index (χ1) is 13.5. The topological polar surface area (TPSA) is 50.8 Å². The fourth-order valence-corrected chi connectivity index (χ4v) is 3.40. The van der Waals surface area contributed by atoms with E-state index in [1.165, 1.54) is 11.1 Å². The van der Waals surface area contributed by atoms with Gasteiger partial charge in [0.25, 0.3) is 5.91 Å². The van der Waals surface area contributed by atoms with Crippen molar-refractivity contribution in [3.05, 3.63) is 64.2 Å². The first-order valence-corrected chi connectivity index (χ1v) is 9.86. The van der Waals surface area contributed by atoms with Gasteiger partial charge in [-0.15, -0.1) is 0 Å². The van der Waals surface area contributed by atoms with Crippen LogP contribution in [-0.4, -0.2) is 43.7 Å². The largest absolute Gasteiger partial charge is 0.483 e. The molecule has 0 spiro atoms. The Bertz CT molecular complexity index is 813. The second-order valence-electron chi connectivity index (χ2n) is 7.48. The third-order valence-electron chi connectivity index (χ3n) is 5.11. The Morgan fingerprint density at radius 3 is 2.64 bits per heavy atom. The Hall–Kier alpha value is -2.37. The summed E-state index contributed by atoms with van der Waals surface area (Å²) in [5, 5.41) is 2.95. The maximum atomic E-state index is 12.2. The molecule has 0 unspecified atom stereocenters. The molecular weight excluding hydrogens is 352 g/mol. The Morgan fingerprint density at radius 2 is 1.86 bits per heavy atom. The summed E-state index contributed by atoms with van der Waals surface area (Å²) in [5.41, 5.74) is 5.75. The van der Waals surface area contributed by atoms with Crippen molar-refractivity contribution in [3.8, 4) is 5.75 Å². The number of rotatable bonds is 7. The van der Waals surface area contributed by atoms with E-state index in [9.17, 15) is 4.79 Å². The summed E-state index contributed by atoms with van der Waals surface area (Å²) in [6, 6.07) is 12.5. The van der Waals surface area contributed by atoms with Crippen LogP contribution in [0.5, 0.6) is 5.75 Å². The fraction of sp³-hybridized carbons (Fsp3) is 0.435. The van der Waals surface area contributed by atoms with Crippen LogP contribution >= 0.6 is 0 Å². The van der Waals surface area contributed by atoms with Crippen molar-refractivity contribution in [1.82, 2.24) is 10.2 Å².